The number of ketones is 1. The fourth-order valence-electron chi connectivity index (χ4n) is 4.23. The molecule has 4 aromatic carbocycles. The highest BCUT2D eigenvalue weighted by atomic mass is 16.5. The van der Waals surface area contributed by atoms with Gasteiger partial charge in [-0.05, 0) is 54.2 Å². The molecule has 37 heavy (non-hydrogen) atoms. The van der Waals surface area contributed by atoms with Crippen molar-refractivity contribution in [1.29, 1.82) is 0 Å². The number of hydrogen-bond donors (Lipinski definition) is 0. The van der Waals surface area contributed by atoms with Crippen molar-refractivity contribution in [3.05, 3.63) is 131 Å². The number of aryl methyl sites for hydroxylation is 1. The Morgan fingerprint density at radius 2 is 1.24 bits per heavy atom. The lowest BCUT2D eigenvalue weighted by Crippen LogP contribution is -2.24. The molecule has 0 aliphatic rings. The monoisotopic (exact) mass is 493 g/mol. The van der Waals surface area contributed by atoms with E-state index in [0.29, 0.717) is 30.3 Å². The quantitative estimate of drug-likeness (QED) is 0.238. The highest BCUT2D eigenvalue weighted by Gasteiger charge is 2.24. The zero-order valence-corrected chi connectivity index (χ0v) is 20.8. The van der Waals surface area contributed by atoms with Crippen molar-refractivity contribution in [2.75, 3.05) is 0 Å². The van der Waals surface area contributed by atoms with E-state index in [0.717, 1.165) is 22.3 Å². The predicted octanol–water partition coefficient (Wildman–Crippen LogP) is 5.65. The summed E-state index contributed by atoms with van der Waals surface area (Å²) in [5, 5.41) is 11.3. The van der Waals surface area contributed by atoms with Crippen LogP contribution in [-0.4, -0.2) is 11.8 Å². The molecule has 4 aromatic rings. The molecule has 5 nitrogen and oxygen atoms in total. The molecule has 5 heteroatoms. The number of carbonyl (C=O) groups is 2. The van der Waals surface area contributed by atoms with Crippen LogP contribution in [0.15, 0.2) is 103 Å². The van der Waals surface area contributed by atoms with Gasteiger partial charge in [-0.25, -0.2) is 0 Å². The third kappa shape index (κ3) is 7.31. The average molecular weight is 494 g/mol. The molecule has 0 aliphatic heterocycles. The first-order valence-corrected chi connectivity index (χ1v) is 12.3. The molecule has 0 amide bonds. The van der Waals surface area contributed by atoms with Crippen LogP contribution in [0.1, 0.15) is 51.4 Å². The molecule has 0 spiro atoms. The van der Waals surface area contributed by atoms with Gasteiger partial charge in [-0.1, -0.05) is 84.9 Å². The van der Waals surface area contributed by atoms with Crippen molar-refractivity contribution in [2.24, 2.45) is 0 Å². The van der Waals surface area contributed by atoms with Crippen LogP contribution in [-0.2, 0) is 18.0 Å². The van der Waals surface area contributed by atoms with E-state index >= 15 is 0 Å². The Labute approximate surface area is 217 Å². The molecule has 0 aliphatic carbocycles. The van der Waals surface area contributed by atoms with E-state index in [2.05, 4.69) is 0 Å². The molecule has 0 aromatic heterocycles. The first-order chi connectivity index (χ1) is 18.0. The summed E-state index contributed by atoms with van der Waals surface area (Å²) < 4.78 is 12.1. The molecule has 0 saturated carbocycles. The number of ether oxygens (including phenoxy) is 2. The molecule has 4 rings (SSSR count). The minimum atomic E-state index is -1.18. The Hall–Kier alpha value is -4.38. The SMILES string of the molecule is Cc1ccccc1C(CCC(=O)[O-])C(=O)c1cc(OCc2ccccc2)cc(OCc2ccccc2)c1. The van der Waals surface area contributed by atoms with E-state index in [-0.39, 0.29) is 18.6 Å². The average Bonchev–Trinajstić information content (AvgIpc) is 2.92. The van der Waals surface area contributed by atoms with E-state index in [1.807, 2.05) is 91.9 Å². The van der Waals surface area contributed by atoms with Gasteiger partial charge in [0.2, 0.25) is 0 Å². The van der Waals surface area contributed by atoms with Crippen molar-refractivity contribution in [1.82, 2.24) is 0 Å². The first kappa shape index (κ1) is 25.7. The number of carboxylic acids is 1. The van der Waals surface area contributed by atoms with E-state index in [1.165, 1.54) is 0 Å². The molecule has 0 fully saturated rings. The second-order valence-corrected chi connectivity index (χ2v) is 8.93. The first-order valence-electron chi connectivity index (χ1n) is 12.3. The van der Waals surface area contributed by atoms with Gasteiger partial charge in [0.1, 0.15) is 24.7 Å². The smallest absolute Gasteiger partial charge is 0.170 e. The van der Waals surface area contributed by atoms with Gasteiger partial charge in [0, 0.05) is 23.5 Å². The summed E-state index contributed by atoms with van der Waals surface area (Å²) in [6, 6.07) is 32.2. The van der Waals surface area contributed by atoms with E-state index < -0.39 is 11.9 Å². The normalized spacial score (nSPS) is 11.5. The van der Waals surface area contributed by atoms with Crippen LogP contribution in [0.2, 0.25) is 0 Å². The lowest BCUT2D eigenvalue weighted by Gasteiger charge is -2.20. The highest BCUT2D eigenvalue weighted by Crippen LogP contribution is 2.32. The third-order valence-electron chi connectivity index (χ3n) is 6.18. The molecule has 1 atom stereocenters. The molecule has 0 heterocycles. The molecule has 0 saturated heterocycles. The lowest BCUT2D eigenvalue weighted by molar-refractivity contribution is -0.305. The van der Waals surface area contributed by atoms with E-state index in [4.69, 9.17) is 9.47 Å². The zero-order chi connectivity index (χ0) is 26.0. The molecule has 188 valence electrons. The molecule has 0 bridgehead atoms. The maximum atomic E-state index is 13.8. The lowest BCUT2D eigenvalue weighted by atomic mass is 9.84. The van der Waals surface area contributed by atoms with Crippen molar-refractivity contribution >= 4 is 11.8 Å². The number of Topliss-reactive ketones (excluding diaryl/α,β-unsaturated/α-hetero) is 1. The van der Waals surface area contributed by atoms with Crippen LogP contribution in [0.4, 0.5) is 0 Å². The minimum Gasteiger partial charge on any atom is -0.550 e. The Balaban J connectivity index is 1.65. The van der Waals surface area contributed by atoms with Crippen LogP contribution in [0.5, 0.6) is 11.5 Å². The largest absolute Gasteiger partial charge is 0.550 e. The summed E-state index contributed by atoms with van der Waals surface area (Å²) >= 11 is 0. The predicted molar refractivity (Wildman–Crippen MR) is 140 cm³/mol. The zero-order valence-electron chi connectivity index (χ0n) is 20.8. The fourth-order valence-corrected chi connectivity index (χ4v) is 4.23. The van der Waals surface area contributed by atoms with E-state index in [9.17, 15) is 14.7 Å². The fraction of sp³-hybridized carbons (Fsp3) is 0.188. The third-order valence-corrected chi connectivity index (χ3v) is 6.18. The number of carbonyl (C=O) groups excluding carboxylic acids is 2. The van der Waals surface area contributed by atoms with Crippen molar-refractivity contribution in [3.63, 3.8) is 0 Å². The summed E-state index contributed by atoms with van der Waals surface area (Å²) in [5.41, 5.74) is 4.13. The van der Waals surface area contributed by atoms with Gasteiger partial charge >= 0.3 is 0 Å². The van der Waals surface area contributed by atoms with Gasteiger partial charge < -0.3 is 19.4 Å². The standard InChI is InChI=1S/C32H30O5/c1-23-10-8-9-15-29(23)30(16-17-31(33)34)32(35)26-18-27(36-21-24-11-4-2-5-12-24)20-28(19-26)37-22-25-13-6-3-7-14-25/h2-15,18-20,30H,16-17,21-22H2,1H3,(H,33,34)/p-1. The van der Waals surface area contributed by atoms with Crippen LogP contribution in [0.3, 0.4) is 0 Å². The number of benzene rings is 4. The van der Waals surface area contributed by atoms with Crippen LogP contribution >= 0.6 is 0 Å². The van der Waals surface area contributed by atoms with Crippen LogP contribution in [0.25, 0.3) is 0 Å². The Morgan fingerprint density at radius 3 is 1.76 bits per heavy atom. The summed E-state index contributed by atoms with van der Waals surface area (Å²) in [7, 11) is 0. The Bertz CT molecular complexity index is 1270. The number of aliphatic carboxylic acids is 1. The topological polar surface area (TPSA) is 75.7 Å². The van der Waals surface area contributed by atoms with Gasteiger partial charge in [-0.2, -0.15) is 0 Å². The van der Waals surface area contributed by atoms with Crippen molar-refractivity contribution < 1.29 is 24.2 Å². The Kier molecular flexibility index (Phi) is 8.71. The van der Waals surface area contributed by atoms with Crippen molar-refractivity contribution in [2.45, 2.75) is 38.9 Å². The summed E-state index contributed by atoms with van der Waals surface area (Å²) in [4.78, 5) is 25.1. The van der Waals surface area contributed by atoms with E-state index in [1.54, 1.807) is 18.2 Å². The second kappa shape index (κ2) is 12.5. The minimum absolute atomic E-state index is 0.140. The van der Waals surface area contributed by atoms with Gasteiger partial charge in [-0.15, -0.1) is 0 Å². The molecule has 0 N–H and O–H groups in total. The maximum Gasteiger partial charge on any atom is 0.170 e. The summed E-state index contributed by atoms with van der Waals surface area (Å²) in [5.74, 6) is -1.00. The number of carboxylic acid groups (broad SMARTS) is 1. The maximum absolute atomic E-state index is 13.8. The van der Waals surface area contributed by atoms with Crippen LogP contribution < -0.4 is 14.6 Å². The molecule has 1 unspecified atom stereocenters. The Morgan fingerprint density at radius 1 is 0.730 bits per heavy atom. The van der Waals surface area contributed by atoms with Gasteiger partial charge in [-0.3, -0.25) is 4.79 Å². The van der Waals surface area contributed by atoms with Gasteiger partial charge in [0.25, 0.3) is 0 Å². The van der Waals surface area contributed by atoms with Crippen molar-refractivity contribution in [3.8, 4) is 11.5 Å². The summed E-state index contributed by atoms with van der Waals surface area (Å²) in [6.45, 7) is 2.59. The summed E-state index contributed by atoms with van der Waals surface area (Å²) in [6.07, 6.45) is -0.0758. The molecular weight excluding hydrogens is 464 g/mol. The van der Waals surface area contributed by atoms with Gasteiger partial charge in [0.15, 0.2) is 5.78 Å². The number of hydrogen-bond acceptors (Lipinski definition) is 5. The number of rotatable bonds is 12. The molecular formula is C32H29O5-. The second-order valence-electron chi connectivity index (χ2n) is 8.93. The van der Waals surface area contributed by atoms with Crippen LogP contribution in [0, 0.1) is 6.92 Å². The highest BCUT2D eigenvalue weighted by molar-refractivity contribution is 6.02. The van der Waals surface area contributed by atoms with Gasteiger partial charge in [0.05, 0.1) is 0 Å². The molecule has 0 radical (unpaired) electrons.